The van der Waals surface area contributed by atoms with Gasteiger partial charge in [-0.3, -0.25) is 4.98 Å². The minimum absolute atomic E-state index is 0.0936. The Kier molecular flexibility index (Phi) is 7.80. The highest BCUT2D eigenvalue weighted by Gasteiger charge is 2.31. The largest absolute Gasteiger partial charge is 0.474 e. The molecule has 0 radical (unpaired) electrons. The molecule has 4 aromatic rings. The third kappa shape index (κ3) is 5.38. The van der Waals surface area contributed by atoms with E-state index in [2.05, 4.69) is 51.9 Å². The number of benzene rings is 1. The SMILES string of the molecule is COC(CCCCCOC1CC(Oc2ccc(-c3ccc4c5cnccc5n(C)c4c3)cn2)C1)OC. The molecule has 0 amide bonds. The van der Waals surface area contributed by atoms with Crippen molar-refractivity contribution in [3.63, 3.8) is 0 Å². The lowest BCUT2D eigenvalue weighted by molar-refractivity contribution is -0.107. The van der Waals surface area contributed by atoms with E-state index in [1.807, 2.05) is 24.7 Å². The Hall–Kier alpha value is -3.00. The molecule has 0 spiro atoms. The molecule has 1 aliphatic carbocycles. The predicted octanol–water partition coefficient (Wildman–Crippen LogP) is 5.89. The summed E-state index contributed by atoms with van der Waals surface area (Å²) >= 11 is 0. The Labute approximate surface area is 212 Å². The van der Waals surface area contributed by atoms with E-state index in [4.69, 9.17) is 18.9 Å². The Bertz CT molecular complexity index is 1280. The first kappa shape index (κ1) is 24.7. The Morgan fingerprint density at radius 1 is 0.889 bits per heavy atom. The fraction of sp³-hybridized carbons (Fsp3) is 0.448. The molecule has 3 heterocycles. The van der Waals surface area contributed by atoms with Gasteiger partial charge in [0.1, 0.15) is 6.10 Å². The monoisotopic (exact) mass is 489 g/mol. The zero-order valence-corrected chi connectivity index (χ0v) is 21.4. The molecule has 36 heavy (non-hydrogen) atoms. The van der Waals surface area contributed by atoms with E-state index in [1.54, 1.807) is 14.2 Å². The van der Waals surface area contributed by atoms with Crippen molar-refractivity contribution in [1.29, 1.82) is 0 Å². The van der Waals surface area contributed by atoms with Crippen molar-refractivity contribution in [2.24, 2.45) is 7.05 Å². The van der Waals surface area contributed by atoms with Gasteiger partial charge in [-0.2, -0.15) is 0 Å². The van der Waals surface area contributed by atoms with Gasteiger partial charge in [-0.15, -0.1) is 0 Å². The third-order valence-electron chi connectivity index (χ3n) is 7.18. The fourth-order valence-electron chi connectivity index (χ4n) is 4.95. The summed E-state index contributed by atoms with van der Waals surface area (Å²) in [6.07, 6.45) is 12.1. The number of unbranched alkanes of at least 4 members (excludes halogenated alkanes) is 2. The van der Waals surface area contributed by atoms with Gasteiger partial charge in [-0.25, -0.2) is 4.98 Å². The molecule has 1 fully saturated rings. The lowest BCUT2D eigenvalue weighted by atomic mass is 9.92. The summed E-state index contributed by atoms with van der Waals surface area (Å²) in [5.74, 6) is 0.671. The highest BCUT2D eigenvalue weighted by atomic mass is 16.7. The number of nitrogens with zero attached hydrogens (tertiary/aromatic N) is 3. The topological polar surface area (TPSA) is 67.6 Å². The summed E-state index contributed by atoms with van der Waals surface area (Å²) in [5, 5.41) is 2.39. The standard InChI is InChI=1S/C29H35N3O4/c1-32-26-12-13-30-19-25(26)24-10-8-20(15-27(24)32)21-9-11-28(31-18-21)36-23-16-22(17-23)35-14-6-4-5-7-29(33-2)34-3/h8-13,15,18-19,22-23,29H,4-7,14,16-17H2,1-3H3. The smallest absolute Gasteiger partial charge is 0.213 e. The molecular weight excluding hydrogens is 454 g/mol. The quantitative estimate of drug-likeness (QED) is 0.182. The van der Waals surface area contributed by atoms with Gasteiger partial charge in [-0.05, 0) is 43.0 Å². The van der Waals surface area contributed by atoms with Crippen molar-refractivity contribution in [2.75, 3.05) is 20.8 Å². The van der Waals surface area contributed by atoms with Gasteiger partial charge in [0.2, 0.25) is 5.88 Å². The lowest BCUT2D eigenvalue weighted by Gasteiger charge is -2.34. The summed E-state index contributed by atoms with van der Waals surface area (Å²) in [6, 6.07) is 12.6. The molecule has 0 atom stereocenters. The van der Waals surface area contributed by atoms with E-state index in [1.165, 1.54) is 21.8 Å². The van der Waals surface area contributed by atoms with E-state index < -0.39 is 0 Å². The Morgan fingerprint density at radius 2 is 1.72 bits per heavy atom. The first-order chi connectivity index (χ1) is 17.7. The molecule has 190 valence electrons. The molecule has 1 aliphatic rings. The summed E-state index contributed by atoms with van der Waals surface area (Å²) < 4.78 is 24.7. The van der Waals surface area contributed by atoms with Crippen molar-refractivity contribution in [2.45, 2.75) is 57.0 Å². The molecule has 7 heteroatoms. The van der Waals surface area contributed by atoms with Crippen LogP contribution in [-0.2, 0) is 21.3 Å². The zero-order valence-electron chi connectivity index (χ0n) is 21.4. The maximum atomic E-state index is 6.07. The van der Waals surface area contributed by atoms with Crippen LogP contribution >= 0.6 is 0 Å². The van der Waals surface area contributed by atoms with Crippen molar-refractivity contribution in [3.05, 3.63) is 55.0 Å². The Morgan fingerprint density at radius 3 is 2.50 bits per heavy atom. The van der Waals surface area contributed by atoms with Crippen LogP contribution in [0.2, 0.25) is 0 Å². The minimum Gasteiger partial charge on any atom is -0.474 e. The van der Waals surface area contributed by atoms with E-state index in [0.717, 1.165) is 56.3 Å². The molecule has 1 saturated carbocycles. The van der Waals surface area contributed by atoms with Crippen LogP contribution in [-0.4, -0.2) is 53.9 Å². The van der Waals surface area contributed by atoms with Crippen LogP contribution in [0.25, 0.3) is 32.9 Å². The second kappa shape index (κ2) is 11.4. The van der Waals surface area contributed by atoms with Gasteiger partial charge in [0.25, 0.3) is 0 Å². The Balaban J connectivity index is 1.08. The number of ether oxygens (including phenoxy) is 4. The first-order valence-corrected chi connectivity index (χ1v) is 12.8. The van der Waals surface area contributed by atoms with Crippen molar-refractivity contribution in [3.8, 4) is 17.0 Å². The van der Waals surface area contributed by atoms with Crippen molar-refractivity contribution >= 4 is 21.8 Å². The van der Waals surface area contributed by atoms with Crippen LogP contribution in [0.3, 0.4) is 0 Å². The number of rotatable bonds is 12. The second-order valence-corrected chi connectivity index (χ2v) is 9.52. The van der Waals surface area contributed by atoms with Crippen molar-refractivity contribution < 1.29 is 18.9 Å². The molecule has 0 N–H and O–H groups in total. The number of aryl methyl sites for hydroxylation is 1. The summed E-state index contributed by atoms with van der Waals surface area (Å²) in [4.78, 5) is 8.86. The van der Waals surface area contributed by atoms with Crippen LogP contribution in [0.4, 0.5) is 0 Å². The van der Waals surface area contributed by atoms with E-state index in [9.17, 15) is 0 Å². The summed E-state index contributed by atoms with van der Waals surface area (Å²) in [5.41, 5.74) is 4.58. The number of pyridine rings is 2. The maximum Gasteiger partial charge on any atom is 0.213 e. The van der Waals surface area contributed by atoms with Gasteiger partial charge in [-0.1, -0.05) is 18.6 Å². The van der Waals surface area contributed by atoms with Gasteiger partial charge in [0, 0.05) is 87.2 Å². The van der Waals surface area contributed by atoms with Crippen LogP contribution in [0.5, 0.6) is 5.88 Å². The van der Waals surface area contributed by atoms with E-state index in [0.29, 0.717) is 12.0 Å². The van der Waals surface area contributed by atoms with Gasteiger partial charge >= 0.3 is 0 Å². The molecule has 0 bridgehead atoms. The lowest BCUT2D eigenvalue weighted by Crippen LogP contribution is -2.39. The number of hydrogen-bond acceptors (Lipinski definition) is 6. The number of aromatic nitrogens is 3. The zero-order chi connectivity index (χ0) is 24.9. The molecule has 0 saturated heterocycles. The second-order valence-electron chi connectivity index (χ2n) is 9.52. The number of methoxy groups -OCH3 is 2. The number of fused-ring (bicyclic) bond motifs is 3. The highest BCUT2D eigenvalue weighted by Crippen LogP contribution is 2.32. The molecule has 0 unspecified atom stereocenters. The van der Waals surface area contributed by atoms with Crippen LogP contribution in [0.15, 0.2) is 55.0 Å². The van der Waals surface area contributed by atoms with Gasteiger partial charge < -0.3 is 23.5 Å². The van der Waals surface area contributed by atoms with Crippen LogP contribution < -0.4 is 4.74 Å². The van der Waals surface area contributed by atoms with E-state index in [-0.39, 0.29) is 12.4 Å². The van der Waals surface area contributed by atoms with Crippen LogP contribution in [0, 0.1) is 0 Å². The van der Waals surface area contributed by atoms with Crippen molar-refractivity contribution in [1.82, 2.24) is 14.5 Å². The fourth-order valence-corrected chi connectivity index (χ4v) is 4.95. The maximum absolute atomic E-state index is 6.07. The number of hydrogen-bond donors (Lipinski definition) is 0. The summed E-state index contributed by atoms with van der Waals surface area (Å²) in [7, 11) is 5.46. The highest BCUT2D eigenvalue weighted by molar-refractivity contribution is 6.08. The summed E-state index contributed by atoms with van der Waals surface area (Å²) in [6.45, 7) is 0.798. The minimum atomic E-state index is -0.0936. The van der Waals surface area contributed by atoms with E-state index >= 15 is 0 Å². The molecule has 0 aliphatic heterocycles. The molecular formula is C29H35N3O4. The average molecular weight is 490 g/mol. The molecule has 7 nitrogen and oxygen atoms in total. The molecule has 1 aromatic carbocycles. The third-order valence-corrected chi connectivity index (χ3v) is 7.18. The predicted molar refractivity (Wildman–Crippen MR) is 141 cm³/mol. The normalized spacial score (nSPS) is 17.7. The van der Waals surface area contributed by atoms with Gasteiger partial charge in [0.05, 0.1) is 11.6 Å². The van der Waals surface area contributed by atoms with Gasteiger partial charge in [0.15, 0.2) is 6.29 Å². The molecule has 3 aromatic heterocycles. The first-order valence-electron chi connectivity index (χ1n) is 12.8. The average Bonchev–Trinajstić information content (AvgIpc) is 3.18. The van der Waals surface area contributed by atoms with Crippen LogP contribution in [0.1, 0.15) is 38.5 Å². The molecule has 5 rings (SSSR count).